The number of hydrogen-bond acceptors (Lipinski definition) is 4. The zero-order valence-corrected chi connectivity index (χ0v) is 15.8. The van der Waals surface area contributed by atoms with Gasteiger partial charge in [0.25, 0.3) is 5.56 Å². The first-order chi connectivity index (χ1) is 13.5. The van der Waals surface area contributed by atoms with Gasteiger partial charge in [-0.05, 0) is 17.2 Å². The summed E-state index contributed by atoms with van der Waals surface area (Å²) in [4.78, 5) is 30.2. The summed E-state index contributed by atoms with van der Waals surface area (Å²) in [5.41, 5.74) is 1.46. The molecule has 1 atom stereocenters. The predicted octanol–water partition coefficient (Wildman–Crippen LogP) is 3.01. The van der Waals surface area contributed by atoms with E-state index in [1.165, 1.54) is 0 Å². The Bertz CT molecular complexity index is 1010. The average molecular weight is 398 g/mol. The standard InChI is InChI=1S/C21H20ClN3O3/c22-17-9-5-4-8-15(17)16(14-6-2-1-3-7-14)12-19(26)23-11-10-18-24-20(27)13-21(28)25-18/h1-9,13,16H,10-12H2,(H,23,26)(H2,24,25,27,28)/t16-/m1/s1. The number of nitrogens with one attached hydrogen (secondary N) is 2. The van der Waals surface area contributed by atoms with Crippen LogP contribution in [0.3, 0.4) is 0 Å². The van der Waals surface area contributed by atoms with Gasteiger partial charge in [0.05, 0.1) is 6.07 Å². The van der Waals surface area contributed by atoms with Crippen molar-refractivity contribution in [1.29, 1.82) is 0 Å². The van der Waals surface area contributed by atoms with Crippen LogP contribution >= 0.6 is 11.6 Å². The maximum atomic E-state index is 12.5. The Morgan fingerprint density at radius 2 is 1.86 bits per heavy atom. The van der Waals surface area contributed by atoms with Crippen molar-refractivity contribution in [2.45, 2.75) is 18.8 Å². The van der Waals surface area contributed by atoms with Gasteiger partial charge in [0.15, 0.2) is 0 Å². The van der Waals surface area contributed by atoms with Crippen LogP contribution in [0.25, 0.3) is 0 Å². The third-order valence-corrected chi connectivity index (χ3v) is 4.68. The summed E-state index contributed by atoms with van der Waals surface area (Å²) < 4.78 is 0. The van der Waals surface area contributed by atoms with Crippen molar-refractivity contribution in [1.82, 2.24) is 15.3 Å². The Hall–Kier alpha value is -3.12. The first kappa shape index (κ1) is 19.6. The Kier molecular flexibility index (Phi) is 6.45. The minimum atomic E-state index is -0.434. The van der Waals surface area contributed by atoms with E-state index in [0.717, 1.165) is 17.2 Å². The predicted molar refractivity (Wildman–Crippen MR) is 108 cm³/mol. The van der Waals surface area contributed by atoms with Crippen LogP contribution in [0.2, 0.25) is 5.02 Å². The van der Waals surface area contributed by atoms with Crippen LogP contribution in [0.1, 0.15) is 29.3 Å². The fraction of sp³-hybridized carbons (Fsp3) is 0.190. The van der Waals surface area contributed by atoms with E-state index in [-0.39, 0.29) is 30.7 Å². The molecule has 1 aromatic heterocycles. The molecule has 0 radical (unpaired) electrons. The molecule has 0 unspecified atom stereocenters. The van der Waals surface area contributed by atoms with E-state index in [9.17, 15) is 14.7 Å². The van der Waals surface area contributed by atoms with Gasteiger partial charge in [0.1, 0.15) is 5.82 Å². The van der Waals surface area contributed by atoms with Crippen molar-refractivity contribution in [3.8, 4) is 5.88 Å². The fourth-order valence-corrected chi connectivity index (χ4v) is 3.31. The summed E-state index contributed by atoms with van der Waals surface area (Å²) in [5.74, 6) is -0.339. The number of halogens is 1. The van der Waals surface area contributed by atoms with Crippen LogP contribution in [0, 0.1) is 0 Å². The molecule has 144 valence electrons. The quantitative estimate of drug-likeness (QED) is 0.571. The lowest BCUT2D eigenvalue weighted by Gasteiger charge is -2.19. The van der Waals surface area contributed by atoms with Crippen LogP contribution in [0.4, 0.5) is 0 Å². The van der Waals surface area contributed by atoms with E-state index in [2.05, 4.69) is 15.3 Å². The van der Waals surface area contributed by atoms with Gasteiger partial charge in [-0.25, -0.2) is 4.98 Å². The molecule has 2 aromatic carbocycles. The van der Waals surface area contributed by atoms with E-state index in [0.29, 0.717) is 17.3 Å². The molecule has 0 aliphatic carbocycles. The van der Waals surface area contributed by atoms with E-state index >= 15 is 0 Å². The first-order valence-corrected chi connectivity index (χ1v) is 9.26. The molecule has 3 rings (SSSR count). The molecule has 0 aliphatic heterocycles. The number of carbonyl (C=O) groups is 1. The Morgan fingerprint density at radius 1 is 1.14 bits per heavy atom. The molecule has 7 heteroatoms. The minimum Gasteiger partial charge on any atom is -0.493 e. The van der Waals surface area contributed by atoms with Crippen molar-refractivity contribution in [2.24, 2.45) is 0 Å². The molecule has 0 bridgehead atoms. The third kappa shape index (κ3) is 5.20. The van der Waals surface area contributed by atoms with Crippen LogP contribution in [0.5, 0.6) is 5.88 Å². The van der Waals surface area contributed by atoms with Crippen molar-refractivity contribution in [2.75, 3.05) is 6.54 Å². The van der Waals surface area contributed by atoms with E-state index in [1.54, 1.807) is 0 Å². The van der Waals surface area contributed by atoms with Gasteiger partial charge in [0.2, 0.25) is 11.8 Å². The number of aromatic hydroxyl groups is 1. The summed E-state index contributed by atoms with van der Waals surface area (Å²) in [6.07, 6.45) is 0.537. The van der Waals surface area contributed by atoms with Gasteiger partial charge in [-0.15, -0.1) is 0 Å². The maximum absolute atomic E-state index is 12.5. The van der Waals surface area contributed by atoms with Gasteiger partial charge in [-0.1, -0.05) is 60.1 Å². The van der Waals surface area contributed by atoms with Crippen LogP contribution < -0.4 is 10.9 Å². The molecule has 6 nitrogen and oxygen atoms in total. The molecule has 1 heterocycles. The monoisotopic (exact) mass is 397 g/mol. The summed E-state index contributed by atoms with van der Waals surface area (Å²) >= 11 is 6.37. The molecule has 0 saturated carbocycles. The molecule has 1 amide bonds. The van der Waals surface area contributed by atoms with Crippen LogP contribution in [-0.4, -0.2) is 27.5 Å². The number of aromatic amines is 1. The van der Waals surface area contributed by atoms with Crippen molar-refractivity contribution in [3.05, 3.63) is 93.0 Å². The van der Waals surface area contributed by atoms with E-state index in [1.807, 2.05) is 54.6 Å². The molecule has 3 aromatic rings. The van der Waals surface area contributed by atoms with Crippen molar-refractivity contribution >= 4 is 17.5 Å². The van der Waals surface area contributed by atoms with E-state index in [4.69, 9.17) is 11.6 Å². The smallest absolute Gasteiger partial charge is 0.254 e. The summed E-state index contributed by atoms with van der Waals surface area (Å²) in [5, 5.41) is 12.8. The first-order valence-electron chi connectivity index (χ1n) is 8.88. The highest BCUT2D eigenvalue weighted by Gasteiger charge is 2.20. The Balaban J connectivity index is 1.68. The lowest BCUT2D eigenvalue weighted by atomic mass is 9.88. The molecule has 0 fully saturated rings. The number of H-pyrrole nitrogens is 1. The molecular weight excluding hydrogens is 378 g/mol. The summed E-state index contributed by atoms with van der Waals surface area (Å²) in [6, 6.07) is 18.2. The number of rotatable bonds is 7. The number of carbonyl (C=O) groups excluding carboxylic acids is 1. The highest BCUT2D eigenvalue weighted by atomic mass is 35.5. The number of hydrogen-bond donors (Lipinski definition) is 3. The largest absolute Gasteiger partial charge is 0.493 e. The SMILES string of the molecule is O=C(C[C@H](c1ccccc1)c1ccccc1Cl)NCCc1nc(O)cc(=O)[nH]1. The van der Waals surface area contributed by atoms with Crippen molar-refractivity contribution < 1.29 is 9.90 Å². The highest BCUT2D eigenvalue weighted by molar-refractivity contribution is 6.31. The molecular formula is C21H20ClN3O3. The number of nitrogens with zero attached hydrogens (tertiary/aromatic N) is 1. The van der Waals surface area contributed by atoms with Gasteiger partial charge >= 0.3 is 0 Å². The second kappa shape index (κ2) is 9.19. The number of benzene rings is 2. The second-order valence-electron chi connectivity index (χ2n) is 6.34. The summed E-state index contributed by atoms with van der Waals surface area (Å²) in [6.45, 7) is 0.287. The van der Waals surface area contributed by atoms with E-state index < -0.39 is 5.56 Å². The lowest BCUT2D eigenvalue weighted by Crippen LogP contribution is -2.28. The number of amides is 1. The van der Waals surface area contributed by atoms with Crippen LogP contribution in [0.15, 0.2) is 65.5 Å². The molecule has 28 heavy (non-hydrogen) atoms. The topological polar surface area (TPSA) is 95.1 Å². The van der Waals surface area contributed by atoms with Crippen molar-refractivity contribution in [3.63, 3.8) is 0 Å². The highest BCUT2D eigenvalue weighted by Crippen LogP contribution is 2.32. The Morgan fingerprint density at radius 3 is 2.57 bits per heavy atom. The maximum Gasteiger partial charge on any atom is 0.254 e. The Labute approximate surface area is 167 Å². The average Bonchev–Trinajstić information content (AvgIpc) is 2.67. The third-order valence-electron chi connectivity index (χ3n) is 4.33. The molecule has 0 spiro atoms. The number of aromatic nitrogens is 2. The molecule has 0 saturated heterocycles. The fourth-order valence-electron chi connectivity index (χ4n) is 3.04. The van der Waals surface area contributed by atoms with Crippen LogP contribution in [-0.2, 0) is 11.2 Å². The zero-order valence-electron chi connectivity index (χ0n) is 15.1. The lowest BCUT2D eigenvalue weighted by molar-refractivity contribution is -0.121. The zero-order chi connectivity index (χ0) is 19.9. The normalized spacial score (nSPS) is 11.8. The van der Waals surface area contributed by atoms with Gasteiger partial charge in [-0.2, -0.15) is 0 Å². The van der Waals surface area contributed by atoms with Gasteiger partial charge in [0, 0.05) is 30.3 Å². The molecule has 0 aliphatic rings. The summed E-state index contributed by atoms with van der Waals surface area (Å²) in [7, 11) is 0. The second-order valence-corrected chi connectivity index (χ2v) is 6.75. The minimum absolute atomic E-state index is 0.142. The van der Waals surface area contributed by atoms with Gasteiger partial charge in [-0.3, -0.25) is 9.59 Å². The van der Waals surface area contributed by atoms with Gasteiger partial charge < -0.3 is 15.4 Å². The molecule has 3 N–H and O–H groups in total.